The van der Waals surface area contributed by atoms with Gasteiger partial charge in [0.2, 0.25) is 0 Å². The number of hydrogen-bond acceptors (Lipinski definition) is 0. The molecule has 0 saturated heterocycles. The van der Waals surface area contributed by atoms with Crippen LogP contribution in [0.4, 0.5) is 0 Å². The van der Waals surface area contributed by atoms with Gasteiger partial charge in [0, 0.05) is 0 Å². The summed E-state index contributed by atoms with van der Waals surface area (Å²) in [5, 5.41) is 0. The first kappa shape index (κ1) is 19.7. The standard InChI is InChI=1S/C10H14.2C2H6.CH4/c1-3-9-5-7-10(4-2)8-6-9;2*1-2;/h5-8H,3-4H2,1-2H3;2*1-2H3;1H4. The summed E-state index contributed by atoms with van der Waals surface area (Å²) in [7, 11) is 0. The van der Waals surface area contributed by atoms with E-state index in [9.17, 15) is 0 Å². The molecule has 90 valence electrons. The van der Waals surface area contributed by atoms with Gasteiger partial charge in [-0.05, 0) is 24.0 Å². The quantitative estimate of drug-likeness (QED) is 0.604. The van der Waals surface area contributed by atoms with Crippen LogP contribution in [0, 0.1) is 0 Å². The molecular formula is C15H30. The summed E-state index contributed by atoms with van der Waals surface area (Å²) in [5.74, 6) is 0. The molecular weight excluding hydrogens is 180 g/mol. The van der Waals surface area contributed by atoms with Gasteiger partial charge in [0.1, 0.15) is 0 Å². The summed E-state index contributed by atoms with van der Waals surface area (Å²) in [5.41, 5.74) is 2.86. The summed E-state index contributed by atoms with van der Waals surface area (Å²) in [6.07, 6.45) is 2.29. The topological polar surface area (TPSA) is 0 Å². The minimum atomic E-state index is 0. The minimum absolute atomic E-state index is 0. The van der Waals surface area contributed by atoms with Crippen molar-refractivity contribution in [3.63, 3.8) is 0 Å². The zero-order valence-electron chi connectivity index (χ0n) is 10.7. The lowest BCUT2D eigenvalue weighted by molar-refractivity contribution is 1.10. The highest BCUT2D eigenvalue weighted by Crippen LogP contribution is 2.04. The number of benzene rings is 1. The van der Waals surface area contributed by atoms with Crippen LogP contribution in [0.25, 0.3) is 0 Å². The first-order valence-electron chi connectivity index (χ1n) is 5.94. The second kappa shape index (κ2) is 15.7. The Labute approximate surface area is 97.7 Å². The Morgan fingerprint density at radius 1 is 0.667 bits per heavy atom. The maximum Gasteiger partial charge on any atom is -0.0307 e. The lowest BCUT2D eigenvalue weighted by atomic mass is 10.1. The Morgan fingerprint density at radius 3 is 1.00 bits per heavy atom. The fraction of sp³-hybridized carbons (Fsp3) is 0.600. The third-order valence-corrected chi connectivity index (χ3v) is 1.84. The van der Waals surface area contributed by atoms with Crippen molar-refractivity contribution in [1.29, 1.82) is 0 Å². The molecule has 0 nitrogen and oxygen atoms in total. The minimum Gasteiger partial charge on any atom is -0.0776 e. The van der Waals surface area contributed by atoms with Gasteiger partial charge in [-0.15, -0.1) is 0 Å². The molecule has 0 atom stereocenters. The SMILES string of the molecule is C.CC.CC.CCc1ccc(CC)cc1. The molecule has 0 aliphatic rings. The van der Waals surface area contributed by atoms with Gasteiger partial charge in [-0.3, -0.25) is 0 Å². The molecule has 1 aromatic carbocycles. The average Bonchev–Trinajstić information content (AvgIpc) is 2.34. The van der Waals surface area contributed by atoms with E-state index in [0.29, 0.717) is 0 Å². The van der Waals surface area contributed by atoms with Crippen molar-refractivity contribution in [3.05, 3.63) is 35.4 Å². The maximum atomic E-state index is 2.21. The molecule has 15 heavy (non-hydrogen) atoms. The molecule has 0 aliphatic heterocycles. The van der Waals surface area contributed by atoms with Gasteiger partial charge in [0.05, 0.1) is 0 Å². The molecule has 0 aromatic heterocycles. The fourth-order valence-corrected chi connectivity index (χ4v) is 1.01. The molecule has 0 spiro atoms. The predicted molar refractivity (Wildman–Crippen MR) is 74.6 cm³/mol. The Balaban J connectivity index is -0.000000258. The van der Waals surface area contributed by atoms with Crippen LogP contribution in [0.2, 0.25) is 0 Å². The van der Waals surface area contributed by atoms with Gasteiger partial charge in [0.25, 0.3) is 0 Å². The van der Waals surface area contributed by atoms with Crippen LogP contribution < -0.4 is 0 Å². The average molecular weight is 210 g/mol. The van der Waals surface area contributed by atoms with Crippen LogP contribution in [0.3, 0.4) is 0 Å². The van der Waals surface area contributed by atoms with Crippen molar-refractivity contribution in [1.82, 2.24) is 0 Å². The Morgan fingerprint density at radius 2 is 0.867 bits per heavy atom. The summed E-state index contributed by atoms with van der Waals surface area (Å²) < 4.78 is 0. The third kappa shape index (κ3) is 9.52. The molecule has 0 saturated carbocycles. The summed E-state index contributed by atoms with van der Waals surface area (Å²) in [4.78, 5) is 0. The normalized spacial score (nSPS) is 7.33. The largest absolute Gasteiger partial charge is 0.0776 e. The van der Waals surface area contributed by atoms with Crippen LogP contribution in [0.15, 0.2) is 24.3 Å². The zero-order chi connectivity index (χ0) is 11.4. The fourth-order valence-electron chi connectivity index (χ4n) is 1.01. The van der Waals surface area contributed by atoms with E-state index in [1.54, 1.807) is 0 Å². The van der Waals surface area contributed by atoms with Gasteiger partial charge < -0.3 is 0 Å². The Bertz CT molecular complexity index is 161. The van der Waals surface area contributed by atoms with Crippen molar-refractivity contribution >= 4 is 0 Å². The molecule has 0 heterocycles. The van der Waals surface area contributed by atoms with E-state index in [2.05, 4.69) is 38.1 Å². The zero-order valence-corrected chi connectivity index (χ0v) is 10.7. The van der Waals surface area contributed by atoms with Crippen molar-refractivity contribution in [2.45, 2.75) is 61.8 Å². The van der Waals surface area contributed by atoms with Crippen LogP contribution in [0.1, 0.15) is 60.1 Å². The smallest absolute Gasteiger partial charge is 0.0307 e. The lowest BCUT2D eigenvalue weighted by Crippen LogP contribution is -1.81. The molecule has 0 N–H and O–H groups in total. The van der Waals surface area contributed by atoms with E-state index >= 15 is 0 Å². The summed E-state index contributed by atoms with van der Waals surface area (Å²) >= 11 is 0. The van der Waals surface area contributed by atoms with Crippen molar-refractivity contribution in [2.75, 3.05) is 0 Å². The van der Waals surface area contributed by atoms with Crippen LogP contribution >= 0.6 is 0 Å². The summed E-state index contributed by atoms with van der Waals surface area (Å²) in [6, 6.07) is 8.83. The van der Waals surface area contributed by atoms with Gasteiger partial charge in [-0.1, -0.05) is 73.2 Å². The third-order valence-electron chi connectivity index (χ3n) is 1.84. The van der Waals surface area contributed by atoms with Gasteiger partial charge >= 0.3 is 0 Å². The Hall–Kier alpha value is -0.780. The first-order chi connectivity index (χ1) is 6.86. The van der Waals surface area contributed by atoms with Crippen molar-refractivity contribution < 1.29 is 0 Å². The highest BCUT2D eigenvalue weighted by molar-refractivity contribution is 5.22. The highest BCUT2D eigenvalue weighted by atomic mass is 13.9. The van der Waals surface area contributed by atoms with Crippen molar-refractivity contribution in [2.24, 2.45) is 0 Å². The van der Waals surface area contributed by atoms with Gasteiger partial charge in [-0.25, -0.2) is 0 Å². The van der Waals surface area contributed by atoms with Gasteiger partial charge in [0.15, 0.2) is 0 Å². The molecule has 0 unspecified atom stereocenters. The van der Waals surface area contributed by atoms with E-state index in [0.717, 1.165) is 12.8 Å². The van der Waals surface area contributed by atoms with Gasteiger partial charge in [-0.2, -0.15) is 0 Å². The second-order valence-electron chi connectivity index (χ2n) is 2.52. The van der Waals surface area contributed by atoms with E-state index in [1.807, 2.05) is 27.7 Å². The monoisotopic (exact) mass is 210 g/mol. The van der Waals surface area contributed by atoms with E-state index in [-0.39, 0.29) is 7.43 Å². The molecule has 1 aromatic rings. The molecule has 1 rings (SSSR count). The lowest BCUT2D eigenvalue weighted by Gasteiger charge is -1.97. The second-order valence-corrected chi connectivity index (χ2v) is 2.52. The van der Waals surface area contributed by atoms with Crippen LogP contribution in [-0.2, 0) is 12.8 Å². The number of hydrogen-bond donors (Lipinski definition) is 0. The Kier molecular flexibility index (Phi) is 20.6. The maximum absolute atomic E-state index is 2.21. The van der Waals surface area contributed by atoms with Crippen LogP contribution in [-0.4, -0.2) is 0 Å². The summed E-state index contributed by atoms with van der Waals surface area (Å²) in [6.45, 7) is 12.4. The molecule has 0 aliphatic carbocycles. The van der Waals surface area contributed by atoms with Crippen LogP contribution in [0.5, 0.6) is 0 Å². The highest BCUT2D eigenvalue weighted by Gasteiger charge is 1.88. The molecule has 0 heteroatoms. The van der Waals surface area contributed by atoms with E-state index in [4.69, 9.17) is 0 Å². The van der Waals surface area contributed by atoms with E-state index in [1.165, 1.54) is 11.1 Å². The molecule has 0 radical (unpaired) electrons. The molecule has 0 fully saturated rings. The molecule has 0 amide bonds. The number of aryl methyl sites for hydroxylation is 2. The van der Waals surface area contributed by atoms with E-state index < -0.39 is 0 Å². The molecule has 0 bridgehead atoms. The number of rotatable bonds is 2. The first-order valence-corrected chi connectivity index (χ1v) is 5.94. The predicted octanol–water partition coefficient (Wildman–Crippen LogP) is 5.50. The van der Waals surface area contributed by atoms with Crippen molar-refractivity contribution in [3.8, 4) is 0 Å².